The van der Waals surface area contributed by atoms with Crippen LogP contribution in [0.2, 0.25) is 0 Å². The first-order valence-corrected chi connectivity index (χ1v) is 7.53. The van der Waals surface area contributed by atoms with Crippen LogP contribution in [0.3, 0.4) is 0 Å². The molecule has 1 N–H and O–H groups in total. The molecule has 0 aliphatic heterocycles. The lowest BCUT2D eigenvalue weighted by atomic mass is 9.95. The Morgan fingerprint density at radius 2 is 1.87 bits per heavy atom. The van der Waals surface area contributed by atoms with Gasteiger partial charge in [-0.3, -0.25) is 4.79 Å². The van der Waals surface area contributed by atoms with Crippen molar-refractivity contribution >= 4 is 5.91 Å². The summed E-state index contributed by atoms with van der Waals surface area (Å²) >= 11 is 0. The van der Waals surface area contributed by atoms with Gasteiger partial charge in [0, 0.05) is 18.2 Å². The van der Waals surface area contributed by atoms with E-state index in [4.69, 9.17) is 4.74 Å². The van der Waals surface area contributed by atoms with Crippen molar-refractivity contribution in [3.8, 4) is 0 Å². The number of halogens is 1. The third kappa shape index (κ3) is 3.77. The number of rotatable bonds is 5. The highest BCUT2D eigenvalue weighted by atomic mass is 19.1. The molecular formula is C19H22FNO2. The minimum atomic E-state index is -0.930. The van der Waals surface area contributed by atoms with Crippen LogP contribution < -0.4 is 5.32 Å². The molecule has 0 fully saturated rings. The highest BCUT2D eigenvalue weighted by Crippen LogP contribution is 2.26. The second-order valence-electron chi connectivity index (χ2n) is 5.90. The zero-order valence-corrected chi connectivity index (χ0v) is 13.9. The molecule has 0 saturated heterocycles. The van der Waals surface area contributed by atoms with Crippen molar-refractivity contribution in [3.63, 3.8) is 0 Å². The average molecular weight is 315 g/mol. The van der Waals surface area contributed by atoms with Crippen molar-refractivity contribution in [2.24, 2.45) is 0 Å². The fourth-order valence-electron chi connectivity index (χ4n) is 2.40. The number of carbonyl (C=O) groups excluding carboxylic acids is 1. The normalized spacial score (nSPS) is 13.4. The molecule has 4 heteroatoms. The van der Waals surface area contributed by atoms with E-state index in [9.17, 15) is 9.18 Å². The SMILES string of the molecule is COC(C)(CNC(=O)c1ccc(C)c(C)c1)c1ccccc1F. The number of nitrogens with one attached hydrogen (secondary N) is 1. The fourth-order valence-corrected chi connectivity index (χ4v) is 2.40. The number of benzene rings is 2. The van der Waals surface area contributed by atoms with Crippen LogP contribution in [0.25, 0.3) is 0 Å². The van der Waals surface area contributed by atoms with E-state index in [1.54, 1.807) is 31.2 Å². The third-order valence-corrected chi connectivity index (χ3v) is 4.25. The van der Waals surface area contributed by atoms with Gasteiger partial charge in [-0.2, -0.15) is 0 Å². The number of aryl methyl sites for hydroxylation is 2. The molecule has 1 atom stereocenters. The van der Waals surface area contributed by atoms with Gasteiger partial charge in [0.05, 0.1) is 6.54 Å². The number of amides is 1. The van der Waals surface area contributed by atoms with E-state index >= 15 is 0 Å². The summed E-state index contributed by atoms with van der Waals surface area (Å²) in [4.78, 5) is 12.3. The molecule has 23 heavy (non-hydrogen) atoms. The Kier molecular flexibility index (Phi) is 5.16. The van der Waals surface area contributed by atoms with Crippen LogP contribution in [-0.2, 0) is 10.3 Å². The smallest absolute Gasteiger partial charge is 0.251 e. The van der Waals surface area contributed by atoms with Gasteiger partial charge in [-0.1, -0.05) is 24.3 Å². The molecule has 1 unspecified atom stereocenters. The van der Waals surface area contributed by atoms with E-state index in [0.29, 0.717) is 11.1 Å². The van der Waals surface area contributed by atoms with Crippen molar-refractivity contribution in [2.45, 2.75) is 26.4 Å². The first kappa shape index (κ1) is 17.2. The molecule has 0 aliphatic carbocycles. The Balaban J connectivity index is 2.15. The molecule has 122 valence electrons. The maximum absolute atomic E-state index is 14.0. The lowest BCUT2D eigenvalue weighted by molar-refractivity contribution is 0.000389. The zero-order chi connectivity index (χ0) is 17.0. The Morgan fingerprint density at radius 1 is 1.17 bits per heavy atom. The molecule has 0 aromatic heterocycles. The number of methoxy groups -OCH3 is 1. The molecular weight excluding hydrogens is 293 g/mol. The second kappa shape index (κ2) is 6.92. The second-order valence-corrected chi connectivity index (χ2v) is 5.90. The minimum Gasteiger partial charge on any atom is -0.372 e. The van der Waals surface area contributed by atoms with Gasteiger partial charge in [0.2, 0.25) is 0 Å². The van der Waals surface area contributed by atoms with E-state index in [1.165, 1.54) is 13.2 Å². The molecule has 0 heterocycles. The van der Waals surface area contributed by atoms with E-state index < -0.39 is 5.60 Å². The Hall–Kier alpha value is -2.20. The first-order valence-electron chi connectivity index (χ1n) is 7.53. The zero-order valence-electron chi connectivity index (χ0n) is 13.9. The maximum Gasteiger partial charge on any atom is 0.251 e. The van der Waals surface area contributed by atoms with Crippen molar-refractivity contribution in [2.75, 3.05) is 13.7 Å². The van der Waals surface area contributed by atoms with Gasteiger partial charge in [0.1, 0.15) is 11.4 Å². The molecule has 0 saturated carbocycles. The van der Waals surface area contributed by atoms with Gasteiger partial charge >= 0.3 is 0 Å². The van der Waals surface area contributed by atoms with Gasteiger partial charge in [-0.25, -0.2) is 4.39 Å². The van der Waals surface area contributed by atoms with Crippen LogP contribution >= 0.6 is 0 Å². The van der Waals surface area contributed by atoms with Crippen LogP contribution in [0.15, 0.2) is 42.5 Å². The van der Waals surface area contributed by atoms with Crippen molar-refractivity contribution < 1.29 is 13.9 Å². The lowest BCUT2D eigenvalue weighted by Gasteiger charge is -2.29. The molecule has 2 aromatic carbocycles. The average Bonchev–Trinajstić information content (AvgIpc) is 2.55. The molecule has 0 bridgehead atoms. The van der Waals surface area contributed by atoms with Crippen molar-refractivity contribution in [1.82, 2.24) is 5.32 Å². The standard InChI is InChI=1S/C19H22FNO2/c1-13-9-10-15(11-14(13)2)18(22)21-12-19(3,23-4)16-7-5-6-8-17(16)20/h5-11H,12H2,1-4H3,(H,21,22). The summed E-state index contributed by atoms with van der Waals surface area (Å²) in [6, 6.07) is 12.0. The lowest BCUT2D eigenvalue weighted by Crippen LogP contribution is -2.40. The fraction of sp³-hybridized carbons (Fsp3) is 0.316. The van der Waals surface area contributed by atoms with Gasteiger partial charge < -0.3 is 10.1 Å². The van der Waals surface area contributed by atoms with Crippen molar-refractivity contribution in [1.29, 1.82) is 0 Å². The van der Waals surface area contributed by atoms with Crippen LogP contribution in [0.4, 0.5) is 4.39 Å². The molecule has 2 rings (SSSR count). The highest BCUT2D eigenvalue weighted by molar-refractivity contribution is 5.94. The van der Waals surface area contributed by atoms with Gasteiger partial charge in [0.25, 0.3) is 5.91 Å². The molecule has 0 radical (unpaired) electrons. The Labute approximate surface area is 136 Å². The predicted octanol–water partition coefficient (Wildman–Crippen LogP) is 3.73. The van der Waals surface area contributed by atoms with E-state index in [0.717, 1.165) is 11.1 Å². The van der Waals surface area contributed by atoms with E-state index in [2.05, 4.69) is 5.32 Å². The van der Waals surface area contributed by atoms with Crippen LogP contribution in [0, 0.1) is 19.7 Å². The van der Waals surface area contributed by atoms with Crippen LogP contribution in [0.5, 0.6) is 0 Å². The Morgan fingerprint density at radius 3 is 2.48 bits per heavy atom. The van der Waals surface area contributed by atoms with Gasteiger partial charge in [0.15, 0.2) is 0 Å². The van der Waals surface area contributed by atoms with Crippen LogP contribution in [0.1, 0.15) is 34.0 Å². The minimum absolute atomic E-state index is 0.177. The largest absolute Gasteiger partial charge is 0.372 e. The predicted molar refractivity (Wildman–Crippen MR) is 89.0 cm³/mol. The number of ether oxygens (including phenoxy) is 1. The number of carbonyl (C=O) groups is 1. The highest BCUT2D eigenvalue weighted by Gasteiger charge is 2.29. The summed E-state index contributed by atoms with van der Waals surface area (Å²) in [5.74, 6) is -0.551. The van der Waals surface area contributed by atoms with Gasteiger partial charge in [-0.05, 0) is 50.1 Å². The maximum atomic E-state index is 14.0. The van der Waals surface area contributed by atoms with Crippen molar-refractivity contribution in [3.05, 3.63) is 70.5 Å². The van der Waals surface area contributed by atoms with Gasteiger partial charge in [-0.15, -0.1) is 0 Å². The van der Waals surface area contributed by atoms with E-state index in [-0.39, 0.29) is 18.3 Å². The monoisotopic (exact) mass is 315 g/mol. The van der Waals surface area contributed by atoms with E-state index in [1.807, 2.05) is 26.0 Å². The molecule has 3 nitrogen and oxygen atoms in total. The summed E-state index contributed by atoms with van der Waals surface area (Å²) in [6.45, 7) is 5.89. The number of hydrogen-bond donors (Lipinski definition) is 1. The topological polar surface area (TPSA) is 38.3 Å². The molecule has 1 amide bonds. The molecule has 0 spiro atoms. The summed E-state index contributed by atoms with van der Waals surface area (Å²) in [6.07, 6.45) is 0. The molecule has 0 aliphatic rings. The Bertz CT molecular complexity index is 714. The quantitative estimate of drug-likeness (QED) is 0.913. The third-order valence-electron chi connectivity index (χ3n) is 4.25. The first-order chi connectivity index (χ1) is 10.9. The summed E-state index contributed by atoms with van der Waals surface area (Å²) in [5.41, 5.74) is 2.26. The summed E-state index contributed by atoms with van der Waals surface area (Å²) < 4.78 is 19.5. The summed E-state index contributed by atoms with van der Waals surface area (Å²) in [7, 11) is 1.51. The molecule has 2 aromatic rings. The van der Waals surface area contributed by atoms with Crippen LogP contribution in [-0.4, -0.2) is 19.6 Å². The summed E-state index contributed by atoms with van der Waals surface area (Å²) in [5, 5.41) is 2.83. The number of hydrogen-bond acceptors (Lipinski definition) is 2.